The third-order valence-corrected chi connectivity index (χ3v) is 4.96. The molecule has 146 valence electrons. The molecule has 2 rings (SSSR count). The fourth-order valence-electron chi connectivity index (χ4n) is 2.69. The maximum Gasteiger partial charge on any atom is 0.222 e. The number of nitrogens with zero attached hydrogens (tertiary/aromatic N) is 2. The van der Waals surface area contributed by atoms with E-state index in [1.54, 1.807) is 23.9 Å². The first-order valence-electron chi connectivity index (χ1n) is 8.83. The molecule has 2 N–H and O–H groups in total. The zero-order chi connectivity index (χ0) is 18.1. The summed E-state index contributed by atoms with van der Waals surface area (Å²) in [4.78, 5) is 19.3. The second-order valence-corrected chi connectivity index (χ2v) is 7.05. The van der Waals surface area contributed by atoms with Crippen molar-refractivity contribution >= 4 is 47.6 Å². The summed E-state index contributed by atoms with van der Waals surface area (Å²) < 4.78 is 12.9. The van der Waals surface area contributed by atoms with E-state index in [0.717, 1.165) is 42.7 Å². The van der Waals surface area contributed by atoms with E-state index in [1.165, 1.54) is 12.1 Å². The van der Waals surface area contributed by atoms with E-state index in [2.05, 4.69) is 15.6 Å². The molecule has 1 amide bonds. The molecule has 0 bridgehead atoms. The van der Waals surface area contributed by atoms with Gasteiger partial charge in [0.2, 0.25) is 5.91 Å². The molecular weight excluding hydrogens is 466 g/mol. The summed E-state index contributed by atoms with van der Waals surface area (Å²) in [7, 11) is 0. The van der Waals surface area contributed by atoms with Gasteiger partial charge in [-0.2, -0.15) is 0 Å². The summed E-state index contributed by atoms with van der Waals surface area (Å²) in [6.07, 6.45) is 1.50. The highest BCUT2D eigenvalue weighted by atomic mass is 127. The molecule has 5 nitrogen and oxygen atoms in total. The van der Waals surface area contributed by atoms with Gasteiger partial charge in [0.05, 0.1) is 6.54 Å². The predicted octanol–water partition coefficient (Wildman–Crippen LogP) is 3.10. The lowest BCUT2D eigenvalue weighted by atomic mass is 10.3. The van der Waals surface area contributed by atoms with Crippen LogP contribution in [-0.4, -0.2) is 54.7 Å². The molecule has 1 heterocycles. The van der Waals surface area contributed by atoms with Gasteiger partial charge in [-0.3, -0.25) is 9.79 Å². The summed E-state index contributed by atoms with van der Waals surface area (Å²) in [5.41, 5.74) is 0. The number of amides is 1. The van der Waals surface area contributed by atoms with Crippen LogP contribution in [0.4, 0.5) is 4.39 Å². The van der Waals surface area contributed by atoms with Gasteiger partial charge >= 0.3 is 0 Å². The van der Waals surface area contributed by atoms with Gasteiger partial charge in [0.15, 0.2) is 5.96 Å². The van der Waals surface area contributed by atoms with Crippen molar-refractivity contribution in [2.24, 2.45) is 4.99 Å². The number of halogens is 2. The van der Waals surface area contributed by atoms with Gasteiger partial charge in [-0.25, -0.2) is 4.39 Å². The van der Waals surface area contributed by atoms with E-state index in [-0.39, 0.29) is 41.7 Å². The van der Waals surface area contributed by atoms with Gasteiger partial charge in [-0.1, -0.05) is 6.92 Å². The Labute approximate surface area is 176 Å². The van der Waals surface area contributed by atoms with Crippen LogP contribution in [0.15, 0.2) is 34.2 Å². The third kappa shape index (κ3) is 7.69. The number of aliphatic imine (C=N–C) groups is 1. The molecule has 1 saturated heterocycles. The predicted molar refractivity (Wildman–Crippen MR) is 117 cm³/mol. The molecule has 1 aliphatic heterocycles. The molecule has 1 unspecified atom stereocenters. The third-order valence-electron chi connectivity index (χ3n) is 3.97. The second kappa shape index (κ2) is 12.4. The molecule has 0 spiro atoms. The minimum Gasteiger partial charge on any atom is -0.357 e. The Hall–Kier alpha value is -1.03. The van der Waals surface area contributed by atoms with E-state index in [9.17, 15) is 9.18 Å². The number of hydrogen-bond acceptors (Lipinski definition) is 3. The molecule has 8 heteroatoms. The molecule has 1 atom stereocenters. The first kappa shape index (κ1) is 23.0. The van der Waals surface area contributed by atoms with Crippen LogP contribution < -0.4 is 10.6 Å². The van der Waals surface area contributed by atoms with Crippen molar-refractivity contribution in [1.29, 1.82) is 0 Å². The fraction of sp³-hybridized carbons (Fsp3) is 0.556. The summed E-state index contributed by atoms with van der Waals surface area (Å²) in [5.74, 6) is 1.61. The van der Waals surface area contributed by atoms with Crippen LogP contribution in [0.2, 0.25) is 0 Å². The van der Waals surface area contributed by atoms with Crippen molar-refractivity contribution in [2.75, 3.05) is 31.9 Å². The lowest BCUT2D eigenvalue weighted by Crippen LogP contribution is -2.45. The van der Waals surface area contributed by atoms with Crippen molar-refractivity contribution in [3.8, 4) is 0 Å². The van der Waals surface area contributed by atoms with E-state index in [1.807, 2.05) is 18.7 Å². The smallest absolute Gasteiger partial charge is 0.222 e. The largest absolute Gasteiger partial charge is 0.357 e. The molecule has 1 aromatic carbocycles. The van der Waals surface area contributed by atoms with E-state index < -0.39 is 0 Å². The van der Waals surface area contributed by atoms with Crippen molar-refractivity contribution in [3.63, 3.8) is 0 Å². The Morgan fingerprint density at radius 1 is 1.35 bits per heavy atom. The molecular formula is C18H28FIN4OS. The zero-order valence-electron chi connectivity index (χ0n) is 15.3. The van der Waals surface area contributed by atoms with Crippen LogP contribution in [0.5, 0.6) is 0 Å². The number of benzene rings is 1. The van der Waals surface area contributed by atoms with Crippen LogP contribution in [0.1, 0.15) is 26.7 Å². The lowest BCUT2D eigenvalue weighted by molar-refractivity contribution is -0.129. The molecule has 26 heavy (non-hydrogen) atoms. The molecule has 1 fully saturated rings. The van der Waals surface area contributed by atoms with Gasteiger partial charge < -0.3 is 15.5 Å². The van der Waals surface area contributed by atoms with Gasteiger partial charge in [0.1, 0.15) is 5.82 Å². The molecule has 0 aliphatic carbocycles. The maximum absolute atomic E-state index is 12.9. The van der Waals surface area contributed by atoms with Crippen LogP contribution in [0.25, 0.3) is 0 Å². The Balaban J connectivity index is 0.00000338. The Bertz CT molecular complexity index is 585. The first-order chi connectivity index (χ1) is 12.1. The number of thioether (sulfide) groups is 1. The summed E-state index contributed by atoms with van der Waals surface area (Å²) in [5, 5.41) is 6.67. The van der Waals surface area contributed by atoms with Crippen molar-refractivity contribution < 1.29 is 9.18 Å². The number of guanidine groups is 1. The van der Waals surface area contributed by atoms with Gasteiger partial charge in [0, 0.05) is 42.7 Å². The Morgan fingerprint density at radius 2 is 2.08 bits per heavy atom. The van der Waals surface area contributed by atoms with Crippen LogP contribution in [0, 0.1) is 5.82 Å². The monoisotopic (exact) mass is 494 g/mol. The molecule has 1 aliphatic rings. The van der Waals surface area contributed by atoms with E-state index in [0.29, 0.717) is 13.0 Å². The molecule has 0 aromatic heterocycles. The lowest BCUT2D eigenvalue weighted by Gasteiger charge is -2.18. The summed E-state index contributed by atoms with van der Waals surface area (Å²) >= 11 is 1.66. The van der Waals surface area contributed by atoms with Crippen molar-refractivity contribution in [1.82, 2.24) is 15.5 Å². The quantitative estimate of drug-likeness (QED) is 0.201. The Kier molecular flexibility index (Phi) is 11.0. The zero-order valence-corrected chi connectivity index (χ0v) is 18.5. The number of carbonyl (C=O) groups excluding carboxylic acids is 1. The minimum absolute atomic E-state index is 0. The SMILES string of the molecule is CCNC(=NCCSc1ccc(F)cc1)NC1CCN(C(=O)CC)C1.I. The average molecular weight is 494 g/mol. The highest BCUT2D eigenvalue weighted by Crippen LogP contribution is 2.17. The Morgan fingerprint density at radius 3 is 2.73 bits per heavy atom. The molecule has 0 radical (unpaired) electrons. The van der Waals surface area contributed by atoms with E-state index in [4.69, 9.17) is 0 Å². The van der Waals surface area contributed by atoms with Crippen molar-refractivity contribution in [2.45, 2.75) is 37.6 Å². The maximum atomic E-state index is 12.9. The second-order valence-electron chi connectivity index (χ2n) is 5.89. The highest BCUT2D eigenvalue weighted by Gasteiger charge is 2.25. The van der Waals surface area contributed by atoms with Crippen molar-refractivity contribution in [3.05, 3.63) is 30.1 Å². The summed E-state index contributed by atoms with van der Waals surface area (Å²) in [6, 6.07) is 6.76. The standard InChI is InChI=1S/C18H27FN4OS.HI/c1-3-17(24)23-11-9-15(13-23)22-18(20-4-2)21-10-12-25-16-7-5-14(19)6-8-16;/h5-8,15H,3-4,9-13H2,1-2H3,(H2,20,21,22);1H. The molecule has 1 aromatic rings. The number of hydrogen-bond donors (Lipinski definition) is 2. The normalized spacial score (nSPS) is 17.0. The van der Waals surface area contributed by atoms with Gasteiger partial charge in [0.25, 0.3) is 0 Å². The first-order valence-corrected chi connectivity index (χ1v) is 9.82. The number of likely N-dealkylation sites (tertiary alicyclic amines) is 1. The fourth-order valence-corrected chi connectivity index (χ4v) is 3.44. The van der Waals surface area contributed by atoms with Crippen LogP contribution in [0.3, 0.4) is 0 Å². The topological polar surface area (TPSA) is 56.7 Å². The number of rotatable bonds is 7. The van der Waals surface area contributed by atoms with Crippen LogP contribution >= 0.6 is 35.7 Å². The summed E-state index contributed by atoms with van der Waals surface area (Å²) in [6.45, 7) is 6.94. The van der Waals surface area contributed by atoms with Gasteiger partial charge in [-0.15, -0.1) is 35.7 Å². The van der Waals surface area contributed by atoms with Gasteiger partial charge in [-0.05, 0) is 37.6 Å². The minimum atomic E-state index is -0.215. The van der Waals surface area contributed by atoms with E-state index >= 15 is 0 Å². The number of nitrogens with one attached hydrogen (secondary N) is 2. The van der Waals surface area contributed by atoms with Crippen LogP contribution in [-0.2, 0) is 4.79 Å². The highest BCUT2D eigenvalue weighted by molar-refractivity contribution is 14.0. The average Bonchev–Trinajstić information content (AvgIpc) is 3.08. The molecule has 0 saturated carbocycles. The number of carbonyl (C=O) groups is 1.